The minimum atomic E-state index is 0.833. The molecule has 3 rings (SSSR count). The third-order valence-electron chi connectivity index (χ3n) is 4.20. The van der Waals surface area contributed by atoms with E-state index < -0.39 is 0 Å². The van der Waals surface area contributed by atoms with Gasteiger partial charge in [0, 0.05) is 0 Å². The van der Waals surface area contributed by atoms with Crippen LogP contribution >= 0.6 is 0 Å². The minimum Gasteiger partial charge on any atom is -0.0844 e. The van der Waals surface area contributed by atoms with Crippen LogP contribution in [-0.2, 0) is 12.6 Å². The van der Waals surface area contributed by atoms with E-state index in [9.17, 15) is 0 Å². The van der Waals surface area contributed by atoms with Crippen LogP contribution in [0.4, 0.5) is 0 Å². The molecule has 0 bridgehead atoms. The Morgan fingerprint density at radius 1 is 0.821 bits per heavy atom. The van der Waals surface area contributed by atoms with Crippen LogP contribution in [0.5, 0.6) is 0 Å². The van der Waals surface area contributed by atoms with Crippen molar-refractivity contribution in [3.05, 3.63) is 53.6 Å². The smallest absolute Gasteiger partial charge is 0.0844 e. The third-order valence-corrected chi connectivity index (χ3v) is 4.53. The highest BCUT2D eigenvalue weighted by Gasteiger charge is 2.14. The molecule has 0 aromatic heterocycles. The van der Waals surface area contributed by atoms with Crippen molar-refractivity contribution in [2.75, 3.05) is 0 Å². The second-order valence-electron chi connectivity index (χ2n) is 7.65. The van der Waals surface area contributed by atoms with Crippen molar-refractivity contribution < 1.29 is 0 Å². The molecule has 1 aromatic rings. The summed E-state index contributed by atoms with van der Waals surface area (Å²) in [5.41, 5.74) is 3.03. The summed E-state index contributed by atoms with van der Waals surface area (Å²) in [7, 11) is 0. The van der Waals surface area contributed by atoms with Crippen molar-refractivity contribution in [2.24, 2.45) is 5.92 Å². The highest BCUT2D eigenvalue weighted by Crippen LogP contribution is 2.32. The minimum absolute atomic E-state index is 0.833. The van der Waals surface area contributed by atoms with Gasteiger partial charge in [0.2, 0.25) is 0 Å². The first-order valence-electron chi connectivity index (χ1n) is 11.6. The molecule has 2 aliphatic rings. The summed E-state index contributed by atoms with van der Waals surface area (Å²) in [5, 5.41) is 0. The lowest BCUT2D eigenvalue weighted by Gasteiger charge is -2.21. The normalized spacial score (nSPS) is 15.3. The summed E-state index contributed by atoms with van der Waals surface area (Å²) < 4.78 is 0. The highest BCUT2D eigenvalue weighted by atomic mass is 32.1. The predicted molar refractivity (Wildman–Crippen MR) is 136 cm³/mol. The van der Waals surface area contributed by atoms with Gasteiger partial charge in [0.25, 0.3) is 0 Å². The Balaban J connectivity index is 0. The Kier molecular flexibility index (Phi) is 21.7. The zero-order valence-corrected chi connectivity index (χ0v) is 21.1. The van der Waals surface area contributed by atoms with Crippen LogP contribution in [0.15, 0.2) is 53.0 Å². The average molecular weight is 406 g/mol. The number of allylic oxidation sites excluding steroid dienone is 4. The van der Waals surface area contributed by atoms with Gasteiger partial charge in [0.05, 0.1) is 0 Å². The molecule has 2 aliphatic carbocycles. The fourth-order valence-corrected chi connectivity index (χ4v) is 3.08. The van der Waals surface area contributed by atoms with Gasteiger partial charge in [-0.3, -0.25) is 0 Å². The Morgan fingerprint density at radius 3 is 1.68 bits per heavy atom. The quantitative estimate of drug-likeness (QED) is 0.323. The van der Waals surface area contributed by atoms with Gasteiger partial charge in [-0.1, -0.05) is 104 Å². The molecule has 162 valence electrons. The molecular formula is C27H49S+. The van der Waals surface area contributed by atoms with Crippen molar-refractivity contribution in [3.63, 3.8) is 0 Å². The third kappa shape index (κ3) is 17.2. The molecule has 1 fully saturated rings. The van der Waals surface area contributed by atoms with E-state index in [2.05, 4.69) is 82.8 Å². The molecule has 0 aliphatic heterocycles. The SMILES string of the molecule is CC.CC.CC(C)C.CC1=CCC=CC1.[SH2+]c1ccc(C2CCCCC2)cc1. The zero-order valence-electron chi connectivity index (χ0n) is 20.1. The second kappa shape index (κ2) is 20.8. The fraction of sp³-hybridized carbons (Fsp3) is 0.630. The standard InChI is InChI=1S/C12H16S.C7H10.C4H10.2C2H6/c13-12-8-6-11(7-9-12)10-4-2-1-3-5-10;1-7-5-3-2-4-6-7;1-4(2)3;2*1-2/h6-10,13H,1-5H2;2-3,6H,4-5H2,1H3;4H,1-3H3;2*1-2H3/p+1. The van der Waals surface area contributed by atoms with Gasteiger partial charge in [0.15, 0.2) is 0 Å². The van der Waals surface area contributed by atoms with Crippen LogP contribution < -0.4 is 0 Å². The molecule has 0 spiro atoms. The first-order valence-corrected chi connectivity index (χ1v) is 12.1. The number of rotatable bonds is 1. The molecule has 0 nitrogen and oxygen atoms in total. The lowest BCUT2D eigenvalue weighted by atomic mass is 9.84. The molecule has 1 aromatic carbocycles. The number of benzene rings is 1. The van der Waals surface area contributed by atoms with Crippen molar-refractivity contribution in [3.8, 4) is 0 Å². The molecule has 1 saturated carbocycles. The Hall–Kier alpha value is -0.950. The molecular weight excluding hydrogens is 356 g/mol. The summed E-state index contributed by atoms with van der Waals surface area (Å²) in [6.07, 6.45) is 16.0. The second-order valence-corrected chi connectivity index (χ2v) is 8.23. The van der Waals surface area contributed by atoms with Crippen molar-refractivity contribution in [2.45, 2.75) is 111 Å². The first-order chi connectivity index (χ1) is 13.5. The molecule has 0 heterocycles. The monoisotopic (exact) mass is 405 g/mol. The van der Waals surface area contributed by atoms with Gasteiger partial charge in [-0.2, -0.15) is 0 Å². The van der Waals surface area contributed by atoms with Gasteiger partial charge in [-0.05, 0) is 74.8 Å². The lowest BCUT2D eigenvalue weighted by molar-refractivity contribution is 0.443. The van der Waals surface area contributed by atoms with E-state index in [0.29, 0.717) is 0 Å². The topological polar surface area (TPSA) is 0 Å². The summed E-state index contributed by atoms with van der Waals surface area (Å²) in [5.74, 6) is 1.67. The predicted octanol–water partition coefficient (Wildman–Crippen LogP) is 9.10. The summed E-state index contributed by atoms with van der Waals surface area (Å²) >= 11 is 3.52. The van der Waals surface area contributed by atoms with E-state index in [1.165, 1.54) is 54.6 Å². The van der Waals surface area contributed by atoms with Gasteiger partial charge >= 0.3 is 0 Å². The van der Waals surface area contributed by atoms with Gasteiger partial charge < -0.3 is 0 Å². The summed E-state index contributed by atoms with van der Waals surface area (Å²) in [4.78, 5) is 1.18. The molecule has 28 heavy (non-hydrogen) atoms. The van der Waals surface area contributed by atoms with Crippen LogP contribution in [0.3, 0.4) is 0 Å². The molecule has 0 unspecified atom stereocenters. The van der Waals surface area contributed by atoms with E-state index in [1.54, 1.807) is 0 Å². The van der Waals surface area contributed by atoms with Crippen LogP contribution in [0, 0.1) is 5.92 Å². The Labute approximate surface area is 183 Å². The Morgan fingerprint density at radius 2 is 1.32 bits per heavy atom. The van der Waals surface area contributed by atoms with Crippen molar-refractivity contribution >= 4 is 12.6 Å². The molecule has 0 amide bonds. The van der Waals surface area contributed by atoms with Gasteiger partial charge in [-0.15, -0.1) is 0 Å². The number of hydrogen-bond acceptors (Lipinski definition) is 0. The summed E-state index contributed by atoms with van der Waals surface area (Å²) in [6, 6.07) is 8.83. The number of hydrogen-bond donors (Lipinski definition) is 0. The van der Waals surface area contributed by atoms with Crippen LogP contribution in [0.25, 0.3) is 0 Å². The Bertz CT molecular complexity index is 485. The highest BCUT2D eigenvalue weighted by molar-refractivity contribution is 7.58. The van der Waals surface area contributed by atoms with Crippen LogP contribution in [-0.4, -0.2) is 0 Å². The van der Waals surface area contributed by atoms with E-state index in [0.717, 1.165) is 18.3 Å². The zero-order chi connectivity index (χ0) is 21.8. The van der Waals surface area contributed by atoms with E-state index in [-0.39, 0.29) is 0 Å². The molecule has 0 N–H and O–H groups in total. The molecule has 0 saturated heterocycles. The van der Waals surface area contributed by atoms with Crippen LogP contribution in [0.2, 0.25) is 0 Å². The van der Waals surface area contributed by atoms with E-state index in [4.69, 9.17) is 0 Å². The first kappa shape index (κ1) is 29.3. The summed E-state index contributed by atoms with van der Waals surface area (Å²) in [6.45, 7) is 16.7. The average Bonchev–Trinajstić information content (AvgIpc) is 2.73. The van der Waals surface area contributed by atoms with Gasteiger partial charge in [-0.25, -0.2) is 0 Å². The van der Waals surface area contributed by atoms with Crippen LogP contribution in [0.1, 0.15) is 112 Å². The van der Waals surface area contributed by atoms with Crippen molar-refractivity contribution in [1.29, 1.82) is 0 Å². The lowest BCUT2D eigenvalue weighted by Crippen LogP contribution is -2.03. The maximum Gasteiger partial charge on any atom is 0.150 e. The molecule has 0 radical (unpaired) electrons. The maximum atomic E-state index is 3.52. The van der Waals surface area contributed by atoms with E-state index >= 15 is 0 Å². The molecule has 0 atom stereocenters. The van der Waals surface area contributed by atoms with Crippen molar-refractivity contribution in [1.82, 2.24) is 0 Å². The maximum absolute atomic E-state index is 3.52. The van der Waals surface area contributed by atoms with E-state index in [1.807, 2.05) is 27.7 Å². The molecule has 1 heteroatoms. The largest absolute Gasteiger partial charge is 0.150 e. The van der Waals surface area contributed by atoms with Gasteiger partial charge in [0.1, 0.15) is 4.90 Å². The fourth-order valence-electron chi connectivity index (χ4n) is 2.91.